The first-order chi connectivity index (χ1) is 26.9. The van der Waals surface area contributed by atoms with Crippen molar-refractivity contribution in [1.29, 1.82) is 0 Å². The van der Waals surface area contributed by atoms with Gasteiger partial charge in [0, 0.05) is 29.1 Å². The molecule has 55 heavy (non-hydrogen) atoms. The van der Waals surface area contributed by atoms with Crippen LogP contribution in [-0.2, 0) is 0 Å². The summed E-state index contributed by atoms with van der Waals surface area (Å²) in [6.07, 6.45) is 27.9. The molecule has 5 rings (SSSR count). The molecule has 2 unspecified atom stereocenters. The Bertz CT molecular complexity index is 1550. The standard InChI is InChI=1S/C53H76N2/c1-5-7-9-11-13-15-20-24-51(49-36-34-47(54)38-40(49)3)42-26-30-45(31-27-42)53(44-22-18-17-19-23-44)46-32-28-43(29-33-46)52(25-21-16-14-12-10-8-6-2)50-37-35-48(55)39-41(50)4/h26-39,44,51-53H,5-25,54-55H2,1-4H3. The molecule has 0 amide bonds. The van der Waals surface area contributed by atoms with Crippen LogP contribution in [0.15, 0.2) is 84.9 Å². The van der Waals surface area contributed by atoms with Crippen molar-refractivity contribution in [3.63, 3.8) is 0 Å². The zero-order valence-corrected chi connectivity index (χ0v) is 35.4. The maximum atomic E-state index is 6.23. The van der Waals surface area contributed by atoms with Gasteiger partial charge in [0.15, 0.2) is 0 Å². The highest BCUT2D eigenvalue weighted by molar-refractivity contribution is 5.50. The zero-order chi connectivity index (χ0) is 38.8. The van der Waals surface area contributed by atoms with E-state index in [9.17, 15) is 0 Å². The molecule has 0 spiro atoms. The minimum Gasteiger partial charge on any atom is -0.399 e. The van der Waals surface area contributed by atoms with Gasteiger partial charge in [-0.3, -0.25) is 0 Å². The van der Waals surface area contributed by atoms with E-state index in [0.717, 1.165) is 11.4 Å². The number of benzene rings is 4. The van der Waals surface area contributed by atoms with Crippen LogP contribution >= 0.6 is 0 Å². The lowest BCUT2D eigenvalue weighted by atomic mass is 9.73. The van der Waals surface area contributed by atoms with Crippen molar-refractivity contribution in [2.75, 3.05) is 11.5 Å². The predicted octanol–water partition coefficient (Wildman–Crippen LogP) is 15.7. The molecule has 4 N–H and O–H groups in total. The molecule has 4 aromatic rings. The van der Waals surface area contributed by atoms with Crippen LogP contribution < -0.4 is 11.5 Å². The van der Waals surface area contributed by atoms with Crippen LogP contribution in [0.4, 0.5) is 11.4 Å². The highest BCUT2D eigenvalue weighted by Gasteiger charge is 2.28. The highest BCUT2D eigenvalue weighted by atomic mass is 14.5. The third-order valence-electron chi connectivity index (χ3n) is 13.0. The van der Waals surface area contributed by atoms with E-state index in [1.807, 2.05) is 0 Å². The molecule has 0 radical (unpaired) electrons. The fraction of sp³-hybridized carbons (Fsp3) is 0.547. The Morgan fingerprint density at radius 2 is 0.818 bits per heavy atom. The van der Waals surface area contributed by atoms with Crippen molar-refractivity contribution < 1.29 is 0 Å². The molecule has 0 saturated heterocycles. The van der Waals surface area contributed by atoms with Gasteiger partial charge in [-0.2, -0.15) is 0 Å². The molecule has 0 heterocycles. The van der Waals surface area contributed by atoms with Crippen molar-refractivity contribution in [3.8, 4) is 0 Å². The van der Waals surface area contributed by atoms with Crippen LogP contribution in [-0.4, -0.2) is 0 Å². The summed E-state index contributed by atoms with van der Waals surface area (Å²) >= 11 is 0. The van der Waals surface area contributed by atoms with Crippen LogP contribution in [0.2, 0.25) is 0 Å². The van der Waals surface area contributed by atoms with Crippen LogP contribution in [0.5, 0.6) is 0 Å². The lowest BCUT2D eigenvalue weighted by Gasteiger charge is -2.32. The number of hydrogen-bond acceptors (Lipinski definition) is 2. The van der Waals surface area contributed by atoms with E-state index < -0.39 is 0 Å². The van der Waals surface area contributed by atoms with Crippen molar-refractivity contribution >= 4 is 11.4 Å². The molecule has 2 atom stereocenters. The third-order valence-corrected chi connectivity index (χ3v) is 13.0. The minimum atomic E-state index is 0.405. The van der Waals surface area contributed by atoms with Gasteiger partial charge < -0.3 is 11.5 Å². The Morgan fingerprint density at radius 1 is 0.455 bits per heavy atom. The predicted molar refractivity (Wildman–Crippen MR) is 241 cm³/mol. The maximum Gasteiger partial charge on any atom is 0.0316 e. The topological polar surface area (TPSA) is 52.0 Å². The summed E-state index contributed by atoms with van der Waals surface area (Å²) in [7, 11) is 0. The number of hydrogen-bond donors (Lipinski definition) is 2. The van der Waals surface area contributed by atoms with Gasteiger partial charge in [-0.1, -0.05) is 184 Å². The summed E-state index contributed by atoms with van der Waals surface area (Å²) in [6.45, 7) is 9.09. The molecule has 1 saturated carbocycles. The van der Waals surface area contributed by atoms with Gasteiger partial charge in [0.25, 0.3) is 0 Å². The Hall–Kier alpha value is -3.52. The van der Waals surface area contributed by atoms with E-state index in [1.165, 1.54) is 179 Å². The average molecular weight is 741 g/mol. The Kier molecular flexibility index (Phi) is 17.7. The van der Waals surface area contributed by atoms with Crippen molar-refractivity contribution in [2.45, 2.75) is 180 Å². The number of nitrogens with two attached hydrogens (primary N) is 2. The van der Waals surface area contributed by atoms with Gasteiger partial charge in [0.1, 0.15) is 0 Å². The van der Waals surface area contributed by atoms with E-state index in [-0.39, 0.29) is 0 Å². The fourth-order valence-electron chi connectivity index (χ4n) is 9.87. The smallest absolute Gasteiger partial charge is 0.0316 e. The summed E-state index contributed by atoms with van der Waals surface area (Å²) in [6, 6.07) is 33.0. The Morgan fingerprint density at radius 3 is 1.20 bits per heavy atom. The van der Waals surface area contributed by atoms with Crippen molar-refractivity contribution in [2.24, 2.45) is 5.92 Å². The molecule has 1 fully saturated rings. The second kappa shape index (κ2) is 22.9. The fourth-order valence-corrected chi connectivity index (χ4v) is 9.87. The van der Waals surface area contributed by atoms with E-state index >= 15 is 0 Å². The molecule has 1 aliphatic rings. The number of anilines is 2. The lowest BCUT2D eigenvalue weighted by molar-refractivity contribution is 0.327. The van der Waals surface area contributed by atoms with Crippen LogP contribution in [0.25, 0.3) is 0 Å². The number of aryl methyl sites for hydroxylation is 2. The summed E-state index contributed by atoms with van der Waals surface area (Å²) in [5, 5.41) is 0. The summed E-state index contributed by atoms with van der Waals surface area (Å²) in [4.78, 5) is 0. The number of unbranched alkanes of at least 4 members (excludes halogenated alkanes) is 12. The molecule has 4 aromatic carbocycles. The number of nitrogen functional groups attached to an aromatic ring is 2. The largest absolute Gasteiger partial charge is 0.399 e. The highest BCUT2D eigenvalue weighted by Crippen LogP contribution is 2.43. The van der Waals surface area contributed by atoms with Crippen molar-refractivity contribution in [3.05, 3.63) is 129 Å². The second-order valence-electron chi connectivity index (χ2n) is 17.4. The Balaban J connectivity index is 1.38. The van der Waals surface area contributed by atoms with E-state index in [0.29, 0.717) is 23.7 Å². The quantitative estimate of drug-likeness (QED) is 0.0588. The summed E-state index contributed by atoms with van der Waals surface area (Å²) < 4.78 is 0. The first kappa shape index (κ1) is 42.6. The molecule has 0 bridgehead atoms. The zero-order valence-electron chi connectivity index (χ0n) is 35.4. The van der Waals surface area contributed by atoms with Gasteiger partial charge in [-0.05, 0) is 114 Å². The van der Waals surface area contributed by atoms with Gasteiger partial charge >= 0.3 is 0 Å². The molecular weight excluding hydrogens is 665 g/mol. The van der Waals surface area contributed by atoms with E-state index in [4.69, 9.17) is 11.5 Å². The van der Waals surface area contributed by atoms with Gasteiger partial charge in [-0.15, -0.1) is 0 Å². The molecule has 2 nitrogen and oxygen atoms in total. The second-order valence-corrected chi connectivity index (χ2v) is 17.4. The van der Waals surface area contributed by atoms with Crippen molar-refractivity contribution in [1.82, 2.24) is 0 Å². The summed E-state index contributed by atoms with van der Waals surface area (Å²) in [5.74, 6) is 1.93. The molecule has 2 heteroatoms. The first-order valence-corrected chi connectivity index (χ1v) is 22.8. The molecule has 1 aliphatic carbocycles. The molecule has 0 aromatic heterocycles. The van der Waals surface area contributed by atoms with Gasteiger partial charge in [0.2, 0.25) is 0 Å². The van der Waals surface area contributed by atoms with E-state index in [2.05, 4.69) is 113 Å². The van der Waals surface area contributed by atoms with Crippen LogP contribution in [0, 0.1) is 19.8 Å². The van der Waals surface area contributed by atoms with Gasteiger partial charge in [-0.25, -0.2) is 0 Å². The number of rotatable bonds is 23. The summed E-state index contributed by atoms with van der Waals surface area (Å²) in [5.41, 5.74) is 25.6. The van der Waals surface area contributed by atoms with Gasteiger partial charge in [0.05, 0.1) is 0 Å². The maximum absolute atomic E-state index is 6.23. The van der Waals surface area contributed by atoms with Crippen LogP contribution in [0.1, 0.15) is 211 Å². The molecule has 298 valence electrons. The molecular formula is C53H76N2. The van der Waals surface area contributed by atoms with E-state index in [1.54, 1.807) is 0 Å². The first-order valence-electron chi connectivity index (χ1n) is 22.8. The third kappa shape index (κ3) is 12.7. The SMILES string of the molecule is CCCCCCCCCC(c1ccc(C(c2ccc(C(CCCCCCCCC)c3ccc(N)cc3C)cc2)C2CCCCC2)cc1)c1ccc(N)cc1C. The monoisotopic (exact) mass is 741 g/mol. The minimum absolute atomic E-state index is 0.405. The normalized spacial score (nSPS) is 15.2. The lowest BCUT2D eigenvalue weighted by Crippen LogP contribution is -2.18. The molecule has 0 aliphatic heterocycles. The Labute approximate surface area is 337 Å². The average Bonchev–Trinajstić information content (AvgIpc) is 3.19. The van der Waals surface area contributed by atoms with Crippen LogP contribution in [0.3, 0.4) is 0 Å².